The molecule has 0 aliphatic carbocycles. The van der Waals surface area contributed by atoms with Crippen LogP contribution in [0, 0.1) is 0 Å². The molecular formula is C15H22N2O. The molecule has 0 saturated carbocycles. The van der Waals surface area contributed by atoms with E-state index in [9.17, 15) is 5.11 Å². The average molecular weight is 246 g/mol. The van der Waals surface area contributed by atoms with E-state index in [1.165, 1.54) is 16.5 Å². The molecule has 98 valence electrons. The zero-order chi connectivity index (χ0) is 13.0. The van der Waals surface area contributed by atoms with Crippen molar-refractivity contribution in [3.63, 3.8) is 0 Å². The first kappa shape index (κ1) is 13.1. The second kappa shape index (κ2) is 6.03. The highest BCUT2D eigenvalue weighted by Gasteiger charge is 2.07. The van der Waals surface area contributed by atoms with Crippen LogP contribution in [-0.2, 0) is 13.1 Å². The summed E-state index contributed by atoms with van der Waals surface area (Å²) in [5.41, 5.74) is 2.60. The second-order valence-corrected chi connectivity index (χ2v) is 4.84. The zero-order valence-corrected chi connectivity index (χ0v) is 11.2. The zero-order valence-electron chi connectivity index (χ0n) is 11.2. The molecule has 3 heteroatoms. The number of rotatable bonds is 6. The van der Waals surface area contributed by atoms with Crippen molar-refractivity contribution in [1.29, 1.82) is 0 Å². The van der Waals surface area contributed by atoms with Gasteiger partial charge in [0.2, 0.25) is 0 Å². The minimum atomic E-state index is -0.297. The number of aromatic nitrogens is 1. The van der Waals surface area contributed by atoms with E-state index in [0.29, 0.717) is 6.54 Å². The fourth-order valence-corrected chi connectivity index (χ4v) is 2.31. The van der Waals surface area contributed by atoms with Gasteiger partial charge in [0, 0.05) is 36.7 Å². The molecule has 1 aromatic heterocycles. The third kappa shape index (κ3) is 2.92. The van der Waals surface area contributed by atoms with Gasteiger partial charge in [-0.05, 0) is 25.0 Å². The molecule has 18 heavy (non-hydrogen) atoms. The van der Waals surface area contributed by atoms with Crippen molar-refractivity contribution in [1.82, 2.24) is 9.88 Å². The van der Waals surface area contributed by atoms with Crippen LogP contribution in [0.5, 0.6) is 0 Å². The number of benzene rings is 1. The predicted octanol–water partition coefficient (Wildman–Crippen LogP) is 2.52. The highest BCUT2D eigenvalue weighted by atomic mass is 16.3. The Bertz CT molecular complexity index is 502. The highest BCUT2D eigenvalue weighted by Crippen LogP contribution is 2.21. The number of nitrogens with one attached hydrogen (secondary N) is 1. The van der Waals surface area contributed by atoms with Crippen molar-refractivity contribution < 1.29 is 5.11 Å². The molecule has 1 aromatic carbocycles. The molecule has 1 atom stereocenters. The maximum absolute atomic E-state index is 9.27. The maximum Gasteiger partial charge on any atom is 0.0636 e. The molecule has 0 spiro atoms. The molecule has 2 N–H and O–H groups in total. The van der Waals surface area contributed by atoms with Crippen LogP contribution in [-0.4, -0.2) is 22.3 Å². The Morgan fingerprint density at radius 1 is 1.33 bits per heavy atom. The van der Waals surface area contributed by atoms with Crippen LogP contribution < -0.4 is 5.32 Å². The molecule has 2 rings (SSSR count). The highest BCUT2D eigenvalue weighted by molar-refractivity contribution is 5.83. The average Bonchev–Trinajstić information content (AvgIpc) is 2.69. The molecule has 0 bridgehead atoms. The van der Waals surface area contributed by atoms with Crippen LogP contribution in [0.15, 0.2) is 30.5 Å². The summed E-state index contributed by atoms with van der Waals surface area (Å²) in [6, 6.07) is 8.50. The van der Waals surface area contributed by atoms with Crippen LogP contribution in [0.3, 0.4) is 0 Å². The van der Waals surface area contributed by atoms with Crippen molar-refractivity contribution in [3.05, 3.63) is 36.0 Å². The molecule has 0 aliphatic heterocycles. The smallest absolute Gasteiger partial charge is 0.0636 e. The van der Waals surface area contributed by atoms with E-state index < -0.39 is 0 Å². The summed E-state index contributed by atoms with van der Waals surface area (Å²) >= 11 is 0. The van der Waals surface area contributed by atoms with Gasteiger partial charge in [0.15, 0.2) is 0 Å². The van der Waals surface area contributed by atoms with E-state index in [2.05, 4.69) is 47.3 Å². The van der Waals surface area contributed by atoms with Crippen LogP contribution in [0.25, 0.3) is 10.9 Å². The Balaban J connectivity index is 2.21. The van der Waals surface area contributed by atoms with E-state index in [4.69, 9.17) is 0 Å². The first-order chi connectivity index (χ1) is 8.72. The minimum absolute atomic E-state index is 0.297. The van der Waals surface area contributed by atoms with Gasteiger partial charge in [0.05, 0.1) is 6.10 Å². The summed E-state index contributed by atoms with van der Waals surface area (Å²) in [6.07, 6.45) is 3.07. The van der Waals surface area contributed by atoms with Gasteiger partial charge in [0.25, 0.3) is 0 Å². The number of aliphatic hydroxyl groups excluding tert-OH is 1. The number of hydrogen-bond donors (Lipinski definition) is 2. The standard InChI is InChI=1S/C15H22N2O/c1-3-8-17-11-13(10-16-9-12(2)18)14-6-4-5-7-15(14)17/h4-7,11-12,16,18H,3,8-10H2,1-2H3. The van der Waals surface area contributed by atoms with Crippen molar-refractivity contribution in [2.45, 2.75) is 39.5 Å². The summed E-state index contributed by atoms with van der Waals surface area (Å²) < 4.78 is 2.31. The molecule has 0 radical (unpaired) electrons. The summed E-state index contributed by atoms with van der Waals surface area (Å²) in [4.78, 5) is 0. The molecule has 0 aliphatic rings. The molecule has 1 unspecified atom stereocenters. The Kier molecular flexibility index (Phi) is 4.39. The molecule has 3 nitrogen and oxygen atoms in total. The monoisotopic (exact) mass is 246 g/mol. The summed E-state index contributed by atoms with van der Waals surface area (Å²) in [7, 11) is 0. The third-order valence-corrected chi connectivity index (χ3v) is 3.09. The third-order valence-electron chi connectivity index (χ3n) is 3.09. The Labute approximate surface area is 108 Å². The first-order valence-electron chi connectivity index (χ1n) is 6.68. The molecule has 2 aromatic rings. The number of hydrogen-bond acceptors (Lipinski definition) is 2. The first-order valence-corrected chi connectivity index (χ1v) is 6.68. The van der Waals surface area contributed by atoms with Gasteiger partial charge in [-0.15, -0.1) is 0 Å². The number of aliphatic hydroxyl groups is 1. The second-order valence-electron chi connectivity index (χ2n) is 4.84. The van der Waals surface area contributed by atoms with E-state index in [1.54, 1.807) is 6.92 Å². The predicted molar refractivity (Wildman–Crippen MR) is 75.6 cm³/mol. The van der Waals surface area contributed by atoms with E-state index >= 15 is 0 Å². The topological polar surface area (TPSA) is 37.2 Å². The largest absolute Gasteiger partial charge is 0.392 e. The fraction of sp³-hybridized carbons (Fsp3) is 0.467. The number of aryl methyl sites for hydroxylation is 1. The van der Waals surface area contributed by atoms with Gasteiger partial charge in [0.1, 0.15) is 0 Å². The molecule has 0 fully saturated rings. The van der Waals surface area contributed by atoms with Gasteiger partial charge in [-0.2, -0.15) is 0 Å². The van der Waals surface area contributed by atoms with Gasteiger partial charge < -0.3 is 15.0 Å². The van der Waals surface area contributed by atoms with Gasteiger partial charge in [-0.25, -0.2) is 0 Å². The number of nitrogens with zero attached hydrogens (tertiary/aromatic N) is 1. The van der Waals surface area contributed by atoms with Crippen LogP contribution in [0.4, 0.5) is 0 Å². The van der Waals surface area contributed by atoms with Gasteiger partial charge in [-0.3, -0.25) is 0 Å². The Morgan fingerprint density at radius 3 is 2.83 bits per heavy atom. The van der Waals surface area contributed by atoms with E-state index in [-0.39, 0.29) is 6.10 Å². The van der Waals surface area contributed by atoms with Gasteiger partial charge in [-0.1, -0.05) is 25.1 Å². The summed E-state index contributed by atoms with van der Waals surface area (Å²) in [6.45, 7) is 6.49. The van der Waals surface area contributed by atoms with Crippen molar-refractivity contribution in [3.8, 4) is 0 Å². The molecular weight excluding hydrogens is 224 g/mol. The Morgan fingerprint density at radius 2 is 2.11 bits per heavy atom. The molecule has 0 saturated heterocycles. The fourth-order valence-electron chi connectivity index (χ4n) is 2.31. The lowest BCUT2D eigenvalue weighted by atomic mass is 10.2. The molecule has 0 amide bonds. The Hall–Kier alpha value is -1.32. The lowest BCUT2D eigenvalue weighted by molar-refractivity contribution is 0.191. The number of para-hydroxylation sites is 1. The normalized spacial score (nSPS) is 13.1. The van der Waals surface area contributed by atoms with E-state index in [0.717, 1.165) is 19.5 Å². The molecule has 1 heterocycles. The van der Waals surface area contributed by atoms with Crippen LogP contribution in [0.1, 0.15) is 25.8 Å². The lowest BCUT2D eigenvalue weighted by Crippen LogP contribution is -2.23. The van der Waals surface area contributed by atoms with Crippen molar-refractivity contribution in [2.75, 3.05) is 6.54 Å². The van der Waals surface area contributed by atoms with E-state index in [1.807, 2.05) is 0 Å². The minimum Gasteiger partial charge on any atom is -0.392 e. The van der Waals surface area contributed by atoms with Crippen molar-refractivity contribution in [2.24, 2.45) is 0 Å². The van der Waals surface area contributed by atoms with Gasteiger partial charge >= 0.3 is 0 Å². The van der Waals surface area contributed by atoms with Crippen LogP contribution in [0.2, 0.25) is 0 Å². The quantitative estimate of drug-likeness (QED) is 0.822. The lowest BCUT2D eigenvalue weighted by Gasteiger charge is -2.05. The summed E-state index contributed by atoms with van der Waals surface area (Å²) in [5.74, 6) is 0. The van der Waals surface area contributed by atoms with Crippen LogP contribution >= 0.6 is 0 Å². The maximum atomic E-state index is 9.27. The van der Waals surface area contributed by atoms with Crippen molar-refractivity contribution >= 4 is 10.9 Å². The summed E-state index contributed by atoms with van der Waals surface area (Å²) in [5, 5.41) is 13.9. The SMILES string of the molecule is CCCn1cc(CNCC(C)O)c2ccccc21. The number of fused-ring (bicyclic) bond motifs is 1.